The number of fused-ring (bicyclic) bond motifs is 2. The fourth-order valence-electron chi connectivity index (χ4n) is 4.55. The number of aromatic amines is 1. The Bertz CT molecular complexity index is 1290. The molecule has 178 valence electrons. The molecule has 1 aliphatic heterocycles. The van der Waals surface area contributed by atoms with Gasteiger partial charge in [0.2, 0.25) is 0 Å². The van der Waals surface area contributed by atoms with E-state index in [0.29, 0.717) is 29.5 Å². The third-order valence-electron chi connectivity index (χ3n) is 6.44. The van der Waals surface area contributed by atoms with Crippen LogP contribution in [0.3, 0.4) is 0 Å². The van der Waals surface area contributed by atoms with Crippen LogP contribution in [0.25, 0.3) is 10.9 Å². The minimum atomic E-state index is -5.09. The summed E-state index contributed by atoms with van der Waals surface area (Å²) in [5.74, 6) is 0.287. The number of rotatable bonds is 6. The molecule has 0 aliphatic carbocycles. The van der Waals surface area contributed by atoms with Crippen LogP contribution >= 0.6 is 0 Å². The summed E-state index contributed by atoms with van der Waals surface area (Å²) < 4.78 is 72.6. The Kier molecular flexibility index (Phi) is 5.52. The number of ether oxygens (including phenoxy) is 1. The molecular formula is C23H25F3N2O4S. The van der Waals surface area contributed by atoms with Crippen LogP contribution in [0.15, 0.2) is 36.7 Å². The highest BCUT2D eigenvalue weighted by molar-refractivity contribution is 7.91. The lowest BCUT2D eigenvalue weighted by Gasteiger charge is -2.39. The first kappa shape index (κ1) is 23.6. The van der Waals surface area contributed by atoms with Crippen LogP contribution in [0.1, 0.15) is 35.7 Å². The molecule has 4 rings (SSSR count). The van der Waals surface area contributed by atoms with Gasteiger partial charge in [-0.2, -0.15) is 13.2 Å². The maximum absolute atomic E-state index is 14.3. The fraction of sp³-hybridized carbons (Fsp3) is 0.435. The second kappa shape index (κ2) is 7.73. The maximum Gasteiger partial charge on any atom is 0.417 e. The van der Waals surface area contributed by atoms with E-state index in [1.54, 1.807) is 13.0 Å². The van der Waals surface area contributed by atoms with Gasteiger partial charge in [-0.05, 0) is 31.5 Å². The molecule has 1 aliphatic rings. The highest BCUT2D eigenvalue weighted by Gasteiger charge is 2.59. The lowest BCUT2D eigenvalue weighted by Crippen LogP contribution is -2.53. The van der Waals surface area contributed by atoms with Crippen LogP contribution in [0.4, 0.5) is 13.2 Å². The highest BCUT2D eigenvalue weighted by Crippen LogP contribution is 2.49. The number of aromatic nitrogens is 2. The van der Waals surface area contributed by atoms with Crippen molar-refractivity contribution in [3.8, 4) is 5.75 Å². The number of hydrogen-bond donors (Lipinski definition) is 2. The van der Waals surface area contributed by atoms with E-state index in [1.807, 2.05) is 6.07 Å². The molecule has 0 radical (unpaired) electrons. The molecule has 1 aromatic carbocycles. The molecular weight excluding hydrogens is 457 g/mol. The summed E-state index contributed by atoms with van der Waals surface area (Å²) >= 11 is 0. The third kappa shape index (κ3) is 4.10. The second-order valence-electron chi connectivity index (χ2n) is 9.04. The van der Waals surface area contributed by atoms with Crippen molar-refractivity contribution in [2.75, 3.05) is 12.9 Å². The molecule has 2 N–H and O–H groups in total. The SMILES string of the molecule is Cc1cc2c(c(C(C)(CC(O)(Cc3cc4ccncc4[nH]3)C(F)(F)F)S(C)(=O)=O)c1)OCC2. The molecule has 33 heavy (non-hydrogen) atoms. The van der Waals surface area contributed by atoms with Gasteiger partial charge < -0.3 is 14.8 Å². The molecule has 0 bridgehead atoms. The van der Waals surface area contributed by atoms with Gasteiger partial charge in [0.25, 0.3) is 0 Å². The average molecular weight is 483 g/mol. The van der Waals surface area contributed by atoms with Gasteiger partial charge >= 0.3 is 6.18 Å². The summed E-state index contributed by atoms with van der Waals surface area (Å²) in [7, 11) is -4.13. The van der Waals surface area contributed by atoms with E-state index in [4.69, 9.17) is 4.74 Å². The Morgan fingerprint density at radius 2 is 1.97 bits per heavy atom. The summed E-state index contributed by atoms with van der Waals surface area (Å²) in [6.45, 7) is 3.29. The Balaban J connectivity index is 1.84. The van der Waals surface area contributed by atoms with E-state index < -0.39 is 39.2 Å². The largest absolute Gasteiger partial charge is 0.493 e. The zero-order chi connectivity index (χ0) is 24.2. The van der Waals surface area contributed by atoms with Crippen molar-refractivity contribution in [1.29, 1.82) is 0 Å². The second-order valence-corrected chi connectivity index (χ2v) is 11.5. The van der Waals surface area contributed by atoms with Crippen molar-refractivity contribution in [3.63, 3.8) is 0 Å². The van der Waals surface area contributed by atoms with Crippen LogP contribution in [-0.4, -0.2) is 48.1 Å². The lowest BCUT2D eigenvalue weighted by molar-refractivity contribution is -0.264. The summed E-state index contributed by atoms with van der Waals surface area (Å²) in [5.41, 5.74) is -1.08. The van der Waals surface area contributed by atoms with Gasteiger partial charge in [0.05, 0.1) is 18.3 Å². The van der Waals surface area contributed by atoms with Gasteiger partial charge in [0.1, 0.15) is 10.5 Å². The number of halogens is 3. The van der Waals surface area contributed by atoms with Gasteiger partial charge in [-0.3, -0.25) is 4.98 Å². The number of H-pyrrole nitrogens is 1. The molecule has 2 unspecified atom stereocenters. The van der Waals surface area contributed by atoms with Crippen LogP contribution in [-0.2, 0) is 27.4 Å². The van der Waals surface area contributed by atoms with Crippen LogP contribution in [0, 0.1) is 6.92 Å². The van der Waals surface area contributed by atoms with Gasteiger partial charge in [0, 0.05) is 48.4 Å². The molecule has 3 aromatic rings. The van der Waals surface area contributed by atoms with Gasteiger partial charge in [-0.1, -0.05) is 17.7 Å². The van der Waals surface area contributed by atoms with E-state index in [-0.39, 0.29) is 17.0 Å². The monoisotopic (exact) mass is 482 g/mol. The van der Waals surface area contributed by atoms with Gasteiger partial charge in [0.15, 0.2) is 15.4 Å². The molecule has 2 aromatic heterocycles. The maximum atomic E-state index is 14.3. The number of nitrogens with zero attached hydrogens (tertiary/aromatic N) is 1. The first-order chi connectivity index (χ1) is 15.2. The molecule has 0 saturated carbocycles. The molecule has 10 heteroatoms. The zero-order valence-electron chi connectivity index (χ0n) is 18.5. The van der Waals surface area contributed by atoms with Crippen molar-refractivity contribution in [2.24, 2.45) is 0 Å². The standard InChI is InChI=1S/C23H25F3N2O4S/c1-14-8-16-5-7-32-20(16)18(9-14)21(2,33(3,30)31)13-22(29,23(24,25)26)11-17-10-15-4-6-27-12-19(15)28-17/h4,6,8-10,12,28-29H,5,7,11,13H2,1-3H3. The predicted octanol–water partition coefficient (Wildman–Crippen LogP) is 3.99. The number of pyridine rings is 1. The van der Waals surface area contributed by atoms with Crippen molar-refractivity contribution in [2.45, 2.75) is 49.6 Å². The molecule has 0 amide bonds. The smallest absolute Gasteiger partial charge is 0.417 e. The van der Waals surface area contributed by atoms with E-state index in [1.165, 1.54) is 31.5 Å². The number of aliphatic hydroxyl groups is 1. The molecule has 2 atom stereocenters. The zero-order valence-corrected chi connectivity index (χ0v) is 19.3. The summed E-state index contributed by atoms with van der Waals surface area (Å²) in [6.07, 6.45) is -2.62. The summed E-state index contributed by atoms with van der Waals surface area (Å²) in [5, 5.41) is 11.7. The minimum absolute atomic E-state index is 0.124. The topological polar surface area (TPSA) is 92.3 Å². The summed E-state index contributed by atoms with van der Waals surface area (Å²) in [6, 6.07) is 6.51. The number of aryl methyl sites for hydroxylation is 1. The highest BCUT2D eigenvalue weighted by atomic mass is 32.2. The Morgan fingerprint density at radius 1 is 1.24 bits per heavy atom. The lowest BCUT2D eigenvalue weighted by atomic mass is 9.81. The third-order valence-corrected chi connectivity index (χ3v) is 8.44. The molecule has 3 heterocycles. The van der Waals surface area contributed by atoms with E-state index >= 15 is 0 Å². The van der Waals surface area contributed by atoms with Gasteiger partial charge in [-0.15, -0.1) is 0 Å². The Labute approximate surface area is 189 Å². The van der Waals surface area contributed by atoms with E-state index in [9.17, 15) is 26.7 Å². The number of benzene rings is 1. The summed E-state index contributed by atoms with van der Waals surface area (Å²) in [4.78, 5) is 6.78. The van der Waals surface area contributed by atoms with Crippen molar-refractivity contribution < 1.29 is 31.4 Å². The normalized spacial score (nSPS) is 17.9. The Hall–Kier alpha value is -2.59. The average Bonchev–Trinajstić information content (AvgIpc) is 3.31. The van der Waals surface area contributed by atoms with Crippen molar-refractivity contribution in [3.05, 3.63) is 59.0 Å². The van der Waals surface area contributed by atoms with Gasteiger partial charge in [-0.25, -0.2) is 8.42 Å². The van der Waals surface area contributed by atoms with E-state index in [2.05, 4.69) is 9.97 Å². The number of alkyl halides is 3. The first-order valence-electron chi connectivity index (χ1n) is 10.4. The van der Waals surface area contributed by atoms with Crippen LogP contribution in [0.2, 0.25) is 0 Å². The molecule has 0 spiro atoms. The Morgan fingerprint density at radius 3 is 2.61 bits per heavy atom. The van der Waals surface area contributed by atoms with Crippen LogP contribution in [0.5, 0.6) is 5.75 Å². The molecule has 6 nitrogen and oxygen atoms in total. The van der Waals surface area contributed by atoms with Crippen molar-refractivity contribution >= 4 is 20.7 Å². The van der Waals surface area contributed by atoms with Crippen LogP contribution < -0.4 is 4.74 Å². The number of sulfone groups is 1. The number of hydrogen-bond acceptors (Lipinski definition) is 5. The number of nitrogens with one attached hydrogen (secondary N) is 1. The molecule has 0 saturated heterocycles. The first-order valence-corrected chi connectivity index (χ1v) is 12.3. The molecule has 0 fully saturated rings. The quantitative estimate of drug-likeness (QED) is 0.554. The predicted molar refractivity (Wildman–Crippen MR) is 118 cm³/mol. The minimum Gasteiger partial charge on any atom is -0.493 e. The van der Waals surface area contributed by atoms with Crippen molar-refractivity contribution in [1.82, 2.24) is 9.97 Å². The fourth-order valence-corrected chi connectivity index (χ4v) is 5.60. The van der Waals surface area contributed by atoms with E-state index in [0.717, 1.165) is 11.8 Å².